The highest BCUT2D eigenvalue weighted by Crippen LogP contribution is 2.15. The van der Waals surface area contributed by atoms with Crippen LogP contribution in [0.5, 0.6) is 0 Å². The normalized spacial score (nSPS) is 9.94. The lowest BCUT2D eigenvalue weighted by Gasteiger charge is -2.07. The first-order chi connectivity index (χ1) is 7.69. The second-order valence-corrected chi connectivity index (χ2v) is 3.47. The van der Waals surface area contributed by atoms with E-state index in [4.69, 9.17) is 0 Å². The zero-order chi connectivity index (χ0) is 12.0. The highest BCUT2D eigenvalue weighted by atomic mass is 19.1. The molecule has 0 saturated heterocycles. The van der Waals surface area contributed by atoms with Gasteiger partial charge in [-0.3, -0.25) is 0 Å². The van der Waals surface area contributed by atoms with Gasteiger partial charge in [-0.1, -0.05) is 13.3 Å². The van der Waals surface area contributed by atoms with Gasteiger partial charge in [0.2, 0.25) is 0 Å². The van der Waals surface area contributed by atoms with Gasteiger partial charge < -0.3 is 10.1 Å². The molecule has 0 fully saturated rings. The fourth-order valence-electron chi connectivity index (χ4n) is 1.31. The van der Waals surface area contributed by atoms with Gasteiger partial charge in [0.15, 0.2) is 0 Å². The summed E-state index contributed by atoms with van der Waals surface area (Å²) in [5.74, 6) is -1.22. The van der Waals surface area contributed by atoms with Crippen molar-refractivity contribution in [2.24, 2.45) is 0 Å². The number of carbonyl (C=O) groups excluding carboxylic acids is 1. The van der Waals surface area contributed by atoms with Gasteiger partial charge in [-0.25, -0.2) is 9.18 Å². The number of rotatable bonds is 5. The molecule has 0 atom stereocenters. The summed E-state index contributed by atoms with van der Waals surface area (Å²) in [4.78, 5) is 11.1. The Bertz CT molecular complexity index is 366. The molecule has 1 aromatic carbocycles. The molecule has 0 unspecified atom stereocenters. The first-order valence-corrected chi connectivity index (χ1v) is 5.30. The molecule has 1 aromatic rings. The van der Waals surface area contributed by atoms with Crippen molar-refractivity contribution < 1.29 is 13.9 Å². The average molecular weight is 225 g/mol. The highest BCUT2D eigenvalue weighted by Gasteiger charge is 2.11. The molecule has 88 valence electrons. The number of hydrogen-bond donors (Lipinski definition) is 1. The van der Waals surface area contributed by atoms with E-state index in [1.54, 1.807) is 6.07 Å². The minimum absolute atomic E-state index is 0.0384. The number of anilines is 1. The first kappa shape index (κ1) is 12.5. The van der Waals surface area contributed by atoms with Gasteiger partial charge in [0, 0.05) is 12.2 Å². The van der Waals surface area contributed by atoms with Crippen molar-refractivity contribution in [1.82, 2.24) is 0 Å². The summed E-state index contributed by atoms with van der Waals surface area (Å²) in [7, 11) is 1.23. The summed E-state index contributed by atoms with van der Waals surface area (Å²) < 4.78 is 17.9. The second-order valence-electron chi connectivity index (χ2n) is 3.47. The number of carbonyl (C=O) groups is 1. The van der Waals surface area contributed by atoms with Crippen molar-refractivity contribution in [2.75, 3.05) is 19.0 Å². The number of esters is 1. The fourth-order valence-corrected chi connectivity index (χ4v) is 1.31. The first-order valence-electron chi connectivity index (χ1n) is 5.30. The van der Waals surface area contributed by atoms with Crippen LogP contribution in [0.3, 0.4) is 0 Å². The number of ether oxygens (including phenoxy) is 1. The molecule has 0 aliphatic rings. The molecule has 1 N–H and O–H groups in total. The summed E-state index contributed by atoms with van der Waals surface area (Å²) in [6.45, 7) is 2.89. The van der Waals surface area contributed by atoms with Crippen LogP contribution in [-0.2, 0) is 4.74 Å². The maximum Gasteiger partial charge on any atom is 0.340 e. The summed E-state index contributed by atoms with van der Waals surface area (Å²) in [5.41, 5.74) is 0.641. The number of halogens is 1. The predicted molar refractivity (Wildman–Crippen MR) is 61.1 cm³/mol. The van der Waals surface area contributed by atoms with Gasteiger partial charge in [0.25, 0.3) is 0 Å². The molecule has 0 aliphatic carbocycles. The van der Waals surface area contributed by atoms with E-state index in [-0.39, 0.29) is 5.56 Å². The zero-order valence-corrected chi connectivity index (χ0v) is 9.55. The predicted octanol–water partition coefficient (Wildman–Crippen LogP) is 2.82. The van der Waals surface area contributed by atoms with Crippen LogP contribution in [0, 0.1) is 5.82 Å². The van der Waals surface area contributed by atoms with Gasteiger partial charge in [0.1, 0.15) is 5.82 Å². The van der Waals surface area contributed by atoms with Gasteiger partial charge in [-0.15, -0.1) is 0 Å². The van der Waals surface area contributed by atoms with Crippen LogP contribution in [0.1, 0.15) is 30.1 Å². The Kier molecular flexibility index (Phi) is 4.76. The molecule has 0 bridgehead atoms. The van der Waals surface area contributed by atoms with Crippen LogP contribution < -0.4 is 5.32 Å². The van der Waals surface area contributed by atoms with Gasteiger partial charge in [-0.2, -0.15) is 0 Å². The topological polar surface area (TPSA) is 38.3 Å². The van der Waals surface area contributed by atoms with Crippen LogP contribution in [0.15, 0.2) is 18.2 Å². The van der Waals surface area contributed by atoms with Crippen molar-refractivity contribution in [1.29, 1.82) is 0 Å². The largest absolute Gasteiger partial charge is 0.465 e. The Hall–Kier alpha value is -1.58. The number of nitrogens with one attached hydrogen (secondary N) is 1. The van der Waals surface area contributed by atoms with Crippen molar-refractivity contribution in [3.63, 3.8) is 0 Å². The van der Waals surface area contributed by atoms with Crippen molar-refractivity contribution in [3.05, 3.63) is 29.6 Å². The second kappa shape index (κ2) is 6.10. The molecular formula is C12H16FNO2. The van der Waals surface area contributed by atoms with Gasteiger partial charge in [-0.05, 0) is 24.6 Å². The maximum absolute atomic E-state index is 13.5. The van der Waals surface area contributed by atoms with Crippen molar-refractivity contribution in [3.8, 4) is 0 Å². The number of methoxy groups -OCH3 is 1. The van der Waals surface area contributed by atoms with E-state index in [0.29, 0.717) is 5.69 Å². The SMILES string of the molecule is CCCCNc1ccc(C(=O)OC)c(F)c1. The number of unbranched alkanes of at least 4 members (excludes halogenated alkanes) is 1. The van der Waals surface area contributed by atoms with E-state index in [2.05, 4.69) is 17.0 Å². The molecule has 0 heterocycles. The molecule has 0 radical (unpaired) electrons. The third-order valence-corrected chi connectivity index (χ3v) is 2.23. The molecule has 0 aliphatic heterocycles. The minimum atomic E-state index is -0.655. The Morgan fingerprint density at radius 2 is 2.25 bits per heavy atom. The third-order valence-electron chi connectivity index (χ3n) is 2.23. The van der Waals surface area contributed by atoms with E-state index in [1.165, 1.54) is 19.2 Å². The van der Waals surface area contributed by atoms with Gasteiger partial charge in [0.05, 0.1) is 12.7 Å². The van der Waals surface area contributed by atoms with Crippen molar-refractivity contribution >= 4 is 11.7 Å². The Morgan fingerprint density at radius 3 is 2.81 bits per heavy atom. The molecule has 1 rings (SSSR count). The highest BCUT2D eigenvalue weighted by molar-refractivity contribution is 5.90. The molecule has 16 heavy (non-hydrogen) atoms. The standard InChI is InChI=1S/C12H16FNO2/c1-3-4-7-14-9-5-6-10(11(13)8-9)12(15)16-2/h5-6,8,14H,3-4,7H2,1-2H3. The quantitative estimate of drug-likeness (QED) is 0.618. The smallest absolute Gasteiger partial charge is 0.340 e. The monoisotopic (exact) mass is 225 g/mol. The van der Waals surface area contributed by atoms with Crippen LogP contribution >= 0.6 is 0 Å². The Morgan fingerprint density at radius 1 is 1.50 bits per heavy atom. The van der Waals surface area contributed by atoms with E-state index in [0.717, 1.165) is 19.4 Å². The summed E-state index contributed by atoms with van der Waals surface area (Å²) >= 11 is 0. The van der Waals surface area contributed by atoms with E-state index in [9.17, 15) is 9.18 Å². The van der Waals surface area contributed by atoms with Crippen LogP contribution in [0.25, 0.3) is 0 Å². The molecular weight excluding hydrogens is 209 g/mol. The molecule has 3 nitrogen and oxygen atoms in total. The summed E-state index contributed by atoms with van der Waals surface area (Å²) in [5, 5.41) is 3.08. The van der Waals surface area contributed by atoms with E-state index in [1.807, 2.05) is 0 Å². The van der Waals surface area contributed by atoms with Crippen LogP contribution in [0.2, 0.25) is 0 Å². The van der Waals surface area contributed by atoms with E-state index >= 15 is 0 Å². The summed E-state index contributed by atoms with van der Waals surface area (Å²) in [6, 6.07) is 4.41. The molecule has 0 saturated carbocycles. The van der Waals surface area contributed by atoms with Crippen LogP contribution in [0.4, 0.5) is 10.1 Å². The fraction of sp³-hybridized carbons (Fsp3) is 0.417. The third kappa shape index (κ3) is 3.22. The minimum Gasteiger partial charge on any atom is -0.465 e. The molecule has 4 heteroatoms. The van der Waals surface area contributed by atoms with Crippen molar-refractivity contribution in [2.45, 2.75) is 19.8 Å². The van der Waals surface area contributed by atoms with Gasteiger partial charge >= 0.3 is 5.97 Å². The number of benzene rings is 1. The number of hydrogen-bond acceptors (Lipinski definition) is 3. The van der Waals surface area contributed by atoms with E-state index < -0.39 is 11.8 Å². The Labute approximate surface area is 94.6 Å². The average Bonchev–Trinajstić information content (AvgIpc) is 2.29. The lowest BCUT2D eigenvalue weighted by Crippen LogP contribution is -2.06. The molecule has 0 amide bonds. The Balaban J connectivity index is 2.71. The lowest BCUT2D eigenvalue weighted by atomic mass is 10.2. The summed E-state index contributed by atoms with van der Waals surface area (Å²) in [6.07, 6.45) is 2.11. The zero-order valence-electron chi connectivity index (χ0n) is 9.55. The molecule has 0 aromatic heterocycles. The maximum atomic E-state index is 13.5. The van der Waals surface area contributed by atoms with Crippen LogP contribution in [-0.4, -0.2) is 19.6 Å². The lowest BCUT2D eigenvalue weighted by molar-refractivity contribution is 0.0595. The molecule has 0 spiro atoms.